The van der Waals surface area contributed by atoms with Gasteiger partial charge in [0.05, 0.1) is 6.26 Å². The number of oxazole rings is 1. The summed E-state index contributed by atoms with van der Waals surface area (Å²) in [5, 5.41) is 0. The maximum atomic E-state index is 12.7. The van der Waals surface area contributed by atoms with Crippen LogP contribution in [0, 0.1) is 6.92 Å². The standard InChI is InChI=1S/C20H25N3O4/c1-14-17(20(25)22-9-3-2-4-10-22)21-18(27-14)15-7-11-23(12-8-15)19(24)16-6-5-13-26-16/h5-6,13,15H,2-4,7-12H2,1H3. The van der Waals surface area contributed by atoms with E-state index in [1.54, 1.807) is 17.0 Å². The molecule has 7 nitrogen and oxygen atoms in total. The summed E-state index contributed by atoms with van der Waals surface area (Å²) < 4.78 is 11.1. The minimum atomic E-state index is -0.0806. The van der Waals surface area contributed by atoms with E-state index in [2.05, 4.69) is 4.98 Å². The van der Waals surface area contributed by atoms with Gasteiger partial charge >= 0.3 is 0 Å². The molecule has 0 unspecified atom stereocenters. The van der Waals surface area contributed by atoms with Crippen molar-refractivity contribution in [1.82, 2.24) is 14.8 Å². The van der Waals surface area contributed by atoms with Crippen molar-refractivity contribution in [3.05, 3.63) is 41.5 Å². The van der Waals surface area contributed by atoms with Crippen LogP contribution in [-0.2, 0) is 0 Å². The van der Waals surface area contributed by atoms with Crippen LogP contribution in [0.4, 0.5) is 0 Å². The highest BCUT2D eigenvalue weighted by Crippen LogP contribution is 2.30. The number of carbonyl (C=O) groups is 2. The average molecular weight is 371 g/mol. The van der Waals surface area contributed by atoms with E-state index in [1.165, 1.54) is 12.7 Å². The summed E-state index contributed by atoms with van der Waals surface area (Å²) in [4.78, 5) is 33.3. The molecule has 4 heterocycles. The van der Waals surface area contributed by atoms with Gasteiger partial charge in [0.1, 0.15) is 5.76 Å². The van der Waals surface area contributed by atoms with Gasteiger partial charge in [0, 0.05) is 32.1 Å². The van der Waals surface area contributed by atoms with E-state index < -0.39 is 0 Å². The Morgan fingerprint density at radius 1 is 1.04 bits per heavy atom. The third-order valence-corrected chi connectivity index (χ3v) is 5.52. The Labute approximate surface area is 158 Å². The van der Waals surface area contributed by atoms with Gasteiger partial charge in [0.25, 0.3) is 11.8 Å². The van der Waals surface area contributed by atoms with Gasteiger partial charge in [-0.1, -0.05) is 0 Å². The van der Waals surface area contributed by atoms with E-state index in [-0.39, 0.29) is 17.7 Å². The van der Waals surface area contributed by atoms with Crippen LogP contribution in [0.15, 0.2) is 27.2 Å². The molecule has 2 aromatic heterocycles. The van der Waals surface area contributed by atoms with Crippen molar-refractivity contribution in [3.8, 4) is 0 Å². The van der Waals surface area contributed by atoms with Crippen LogP contribution in [0.3, 0.4) is 0 Å². The highest BCUT2D eigenvalue weighted by molar-refractivity contribution is 5.93. The van der Waals surface area contributed by atoms with Crippen molar-refractivity contribution < 1.29 is 18.4 Å². The van der Waals surface area contributed by atoms with Crippen molar-refractivity contribution in [3.63, 3.8) is 0 Å². The largest absolute Gasteiger partial charge is 0.459 e. The van der Waals surface area contributed by atoms with Crippen LogP contribution in [0.5, 0.6) is 0 Å². The molecule has 27 heavy (non-hydrogen) atoms. The summed E-state index contributed by atoms with van der Waals surface area (Å²) in [7, 11) is 0. The van der Waals surface area contributed by atoms with Crippen molar-refractivity contribution in [2.24, 2.45) is 0 Å². The first kappa shape index (κ1) is 17.8. The van der Waals surface area contributed by atoms with Gasteiger partial charge in [-0.25, -0.2) is 4.98 Å². The zero-order valence-electron chi connectivity index (χ0n) is 15.6. The maximum absolute atomic E-state index is 12.7. The molecule has 7 heteroatoms. The third-order valence-electron chi connectivity index (χ3n) is 5.52. The Hall–Kier alpha value is -2.57. The Balaban J connectivity index is 1.40. The van der Waals surface area contributed by atoms with Gasteiger partial charge in [-0.15, -0.1) is 0 Å². The summed E-state index contributed by atoms with van der Waals surface area (Å²) in [5.41, 5.74) is 0.445. The minimum absolute atomic E-state index is 0.0207. The molecule has 0 radical (unpaired) electrons. The van der Waals surface area contributed by atoms with E-state index >= 15 is 0 Å². The maximum Gasteiger partial charge on any atom is 0.289 e. The first-order valence-corrected chi connectivity index (χ1v) is 9.73. The number of aryl methyl sites for hydroxylation is 1. The molecule has 2 aliphatic heterocycles. The molecule has 144 valence electrons. The molecule has 4 rings (SSSR count). The van der Waals surface area contributed by atoms with Crippen LogP contribution in [0.25, 0.3) is 0 Å². The molecule has 0 saturated carbocycles. The molecule has 2 aromatic rings. The highest BCUT2D eigenvalue weighted by Gasteiger charge is 2.31. The first-order chi connectivity index (χ1) is 13.1. The molecule has 2 aliphatic rings. The zero-order valence-corrected chi connectivity index (χ0v) is 15.6. The number of furan rings is 1. The van der Waals surface area contributed by atoms with Gasteiger partial charge in [-0.2, -0.15) is 0 Å². The monoisotopic (exact) mass is 371 g/mol. The summed E-state index contributed by atoms with van der Waals surface area (Å²) in [6.07, 6.45) is 6.33. The van der Waals surface area contributed by atoms with Crippen molar-refractivity contribution in [2.45, 2.75) is 44.9 Å². The summed E-state index contributed by atoms with van der Waals surface area (Å²) in [6.45, 7) is 4.66. The van der Waals surface area contributed by atoms with Gasteiger partial charge < -0.3 is 18.6 Å². The second-order valence-electron chi connectivity index (χ2n) is 7.35. The Morgan fingerprint density at radius 2 is 1.74 bits per heavy atom. The van der Waals surface area contributed by atoms with Gasteiger partial charge in [-0.05, 0) is 51.2 Å². The van der Waals surface area contributed by atoms with E-state index in [4.69, 9.17) is 8.83 Å². The first-order valence-electron chi connectivity index (χ1n) is 9.73. The molecule has 0 spiro atoms. The van der Waals surface area contributed by atoms with E-state index in [1.807, 2.05) is 11.8 Å². The lowest BCUT2D eigenvalue weighted by atomic mass is 9.96. The normalized spacial score (nSPS) is 18.7. The van der Waals surface area contributed by atoms with Crippen LogP contribution in [0.1, 0.15) is 70.7 Å². The molecular formula is C20H25N3O4. The van der Waals surface area contributed by atoms with Crippen molar-refractivity contribution >= 4 is 11.8 Å². The second-order valence-corrected chi connectivity index (χ2v) is 7.35. The number of hydrogen-bond donors (Lipinski definition) is 0. The molecule has 2 saturated heterocycles. The molecule has 0 atom stereocenters. The smallest absolute Gasteiger partial charge is 0.289 e. The Kier molecular flexibility index (Phi) is 5.01. The lowest BCUT2D eigenvalue weighted by Gasteiger charge is -2.30. The van der Waals surface area contributed by atoms with Crippen LogP contribution < -0.4 is 0 Å². The molecular weight excluding hydrogens is 346 g/mol. The molecule has 2 fully saturated rings. The predicted molar refractivity (Wildman–Crippen MR) is 97.6 cm³/mol. The third kappa shape index (κ3) is 3.63. The topological polar surface area (TPSA) is 79.8 Å². The Morgan fingerprint density at radius 3 is 2.41 bits per heavy atom. The Bertz CT molecular complexity index is 797. The number of hydrogen-bond acceptors (Lipinski definition) is 5. The fourth-order valence-electron chi connectivity index (χ4n) is 3.92. The van der Waals surface area contributed by atoms with Crippen LogP contribution >= 0.6 is 0 Å². The quantitative estimate of drug-likeness (QED) is 0.828. The number of rotatable bonds is 3. The van der Waals surface area contributed by atoms with E-state index in [0.29, 0.717) is 36.2 Å². The second kappa shape index (κ2) is 7.58. The number of carbonyl (C=O) groups excluding carboxylic acids is 2. The molecule has 0 N–H and O–H groups in total. The molecule has 0 aromatic carbocycles. The van der Waals surface area contributed by atoms with Gasteiger partial charge in [-0.3, -0.25) is 9.59 Å². The van der Waals surface area contributed by atoms with E-state index in [9.17, 15) is 9.59 Å². The zero-order chi connectivity index (χ0) is 18.8. The number of amides is 2. The number of nitrogens with zero attached hydrogens (tertiary/aromatic N) is 3. The number of piperidine rings is 2. The average Bonchev–Trinajstić information content (AvgIpc) is 3.38. The summed E-state index contributed by atoms with van der Waals surface area (Å²) >= 11 is 0. The summed E-state index contributed by atoms with van der Waals surface area (Å²) in [5.74, 6) is 1.62. The lowest BCUT2D eigenvalue weighted by molar-refractivity contribution is 0.0673. The van der Waals surface area contributed by atoms with Gasteiger partial charge in [0.2, 0.25) is 0 Å². The van der Waals surface area contributed by atoms with Crippen molar-refractivity contribution in [1.29, 1.82) is 0 Å². The number of likely N-dealkylation sites (tertiary alicyclic amines) is 2. The van der Waals surface area contributed by atoms with Gasteiger partial charge in [0.15, 0.2) is 17.3 Å². The van der Waals surface area contributed by atoms with E-state index in [0.717, 1.165) is 38.8 Å². The van der Waals surface area contributed by atoms with Crippen LogP contribution in [-0.4, -0.2) is 52.8 Å². The fourth-order valence-corrected chi connectivity index (χ4v) is 3.92. The highest BCUT2D eigenvalue weighted by atomic mass is 16.4. The summed E-state index contributed by atoms with van der Waals surface area (Å²) in [6, 6.07) is 3.40. The predicted octanol–water partition coefficient (Wildman–Crippen LogP) is 3.22. The van der Waals surface area contributed by atoms with Crippen molar-refractivity contribution in [2.75, 3.05) is 26.2 Å². The SMILES string of the molecule is Cc1oc(C2CCN(C(=O)c3ccco3)CC2)nc1C(=O)N1CCCCC1. The lowest BCUT2D eigenvalue weighted by Crippen LogP contribution is -2.38. The molecule has 2 amide bonds. The fraction of sp³-hybridized carbons (Fsp3) is 0.550. The van der Waals surface area contributed by atoms with Crippen LogP contribution in [0.2, 0.25) is 0 Å². The number of aromatic nitrogens is 1. The molecule has 0 aliphatic carbocycles. The molecule has 0 bridgehead atoms. The minimum Gasteiger partial charge on any atom is -0.459 e.